The molecule has 0 spiro atoms. The molecule has 2 aromatic rings. The van der Waals surface area contributed by atoms with Crippen LogP contribution in [0.5, 0.6) is 0 Å². The molecule has 2 heterocycles. The highest BCUT2D eigenvalue weighted by Crippen LogP contribution is 1.94. The summed E-state index contributed by atoms with van der Waals surface area (Å²) in [4.78, 5) is 7.75. The first-order valence-electron chi connectivity index (χ1n) is 3.96. The van der Waals surface area contributed by atoms with Crippen molar-refractivity contribution in [2.45, 2.75) is 13.8 Å². The van der Waals surface area contributed by atoms with Gasteiger partial charge in [0.1, 0.15) is 6.07 Å². The third-order valence-electron chi connectivity index (χ3n) is 1.24. The highest BCUT2D eigenvalue weighted by Gasteiger charge is 1.96. The molecule has 0 unspecified atom stereocenters. The molecule has 0 radical (unpaired) electrons. The smallest absolute Gasteiger partial charge is 0.218 e. The van der Waals surface area contributed by atoms with Crippen molar-refractivity contribution < 1.29 is 0 Å². The molecule has 0 aliphatic carbocycles. The van der Waals surface area contributed by atoms with Crippen LogP contribution in [0.2, 0.25) is 0 Å². The summed E-state index contributed by atoms with van der Waals surface area (Å²) in [5.74, 6) is 0.448. The molecule has 0 aliphatic rings. The van der Waals surface area contributed by atoms with E-state index in [1.54, 1.807) is 12.4 Å². The second kappa shape index (κ2) is 4.16. The van der Waals surface area contributed by atoms with Crippen molar-refractivity contribution in [1.29, 1.82) is 5.26 Å². The van der Waals surface area contributed by atoms with Crippen LogP contribution in [0, 0.1) is 11.3 Å². The van der Waals surface area contributed by atoms with Gasteiger partial charge in [-0.15, -0.1) is 0 Å². The lowest BCUT2D eigenvalue weighted by Crippen LogP contribution is -1.94. The van der Waals surface area contributed by atoms with E-state index in [-0.39, 0.29) is 5.69 Å². The minimum absolute atomic E-state index is 0.281. The number of nitriles is 1. The first-order valence-corrected chi connectivity index (χ1v) is 3.96. The predicted molar refractivity (Wildman–Crippen MR) is 46.8 cm³/mol. The predicted octanol–water partition coefficient (Wildman–Crippen LogP) is 1.02. The Kier molecular flexibility index (Phi) is 2.92. The van der Waals surface area contributed by atoms with E-state index < -0.39 is 0 Å². The molecule has 0 bridgehead atoms. The van der Waals surface area contributed by atoms with Crippen molar-refractivity contribution in [3.63, 3.8) is 0 Å². The van der Waals surface area contributed by atoms with Crippen molar-refractivity contribution in [2.75, 3.05) is 0 Å². The summed E-state index contributed by atoms with van der Waals surface area (Å²) in [5.41, 5.74) is 0.281. The summed E-state index contributed by atoms with van der Waals surface area (Å²) in [5, 5.41) is 12.3. The molecule has 0 amide bonds. The average Bonchev–Trinajstić information content (AvgIpc) is 2.67. The first kappa shape index (κ1) is 9.13. The first-order chi connectivity index (χ1) is 6.40. The molecule has 0 aliphatic heterocycles. The fraction of sp³-hybridized carbons (Fsp3) is 0.250. The minimum atomic E-state index is 0.281. The van der Waals surface area contributed by atoms with Crippen LogP contribution < -0.4 is 0 Å². The second-order valence-electron chi connectivity index (χ2n) is 1.93. The molecule has 13 heavy (non-hydrogen) atoms. The Labute approximate surface area is 75.7 Å². The number of fused-ring (bicyclic) bond motifs is 1. The Hall–Kier alpha value is -1.96. The summed E-state index contributed by atoms with van der Waals surface area (Å²) in [7, 11) is 0. The summed E-state index contributed by atoms with van der Waals surface area (Å²) in [6.45, 7) is 4.00. The molecule has 5 heteroatoms. The lowest BCUT2D eigenvalue weighted by molar-refractivity contribution is 0.895. The van der Waals surface area contributed by atoms with Gasteiger partial charge in [0.15, 0.2) is 5.69 Å². The number of imidazole rings is 1. The number of nitrogens with zero attached hydrogens (tertiary/aromatic N) is 5. The Balaban J connectivity index is 0.000000396. The van der Waals surface area contributed by atoms with Gasteiger partial charge in [-0.3, -0.25) is 0 Å². The van der Waals surface area contributed by atoms with Gasteiger partial charge < -0.3 is 0 Å². The van der Waals surface area contributed by atoms with Gasteiger partial charge in [-0.05, 0) is 0 Å². The Morgan fingerprint density at radius 3 is 2.92 bits per heavy atom. The number of hydrogen-bond acceptors (Lipinski definition) is 4. The summed E-state index contributed by atoms with van der Waals surface area (Å²) < 4.78 is 1.50. The quantitative estimate of drug-likeness (QED) is 0.599. The van der Waals surface area contributed by atoms with Crippen LogP contribution in [0.25, 0.3) is 5.78 Å². The highest BCUT2D eigenvalue weighted by molar-refractivity contribution is 5.29. The third kappa shape index (κ3) is 1.79. The standard InChI is InChI=1S/C6H3N5.C2H6/c7-3-5-4-9-11-2-1-8-6(11)10-5;1-2/h1-2,4H;1-2H3. The van der Waals surface area contributed by atoms with Gasteiger partial charge in [0.25, 0.3) is 5.78 Å². The van der Waals surface area contributed by atoms with E-state index in [4.69, 9.17) is 5.26 Å². The molecule has 2 rings (SSSR count). The van der Waals surface area contributed by atoms with Crippen LogP contribution in [0.3, 0.4) is 0 Å². The van der Waals surface area contributed by atoms with Gasteiger partial charge in [0.2, 0.25) is 0 Å². The maximum absolute atomic E-state index is 8.45. The maximum Gasteiger partial charge on any atom is 0.251 e. The summed E-state index contributed by atoms with van der Waals surface area (Å²) in [6, 6.07) is 1.88. The second-order valence-corrected chi connectivity index (χ2v) is 1.93. The summed E-state index contributed by atoms with van der Waals surface area (Å²) >= 11 is 0. The van der Waals surface area contributed by atoms with Gasteiger partial charge in [-0.25, -0.2) is 9.50 Å². The van der Waals surface area contributed by atoms with Crippen molar-refractivity contribution in [3.8, 4) is 6.07 Å². The van der Waals surface area contributed by atoms with Gasteiger partial charge in [0, 0.05) is 6.20 Å². The van der Waals surface area contributed by atoms with E-state index in [9.17, 15) is 0 Å². The number of aromatic nitrogens is 4. The molecular formula is C8H9N5. The zero-order valence-electron chi connectivity index (χ0n) is 7.47. The highest BCUT2D eigenvalue weighted by atomic mass is 15.3. The van der Waals surface area contributed by atoms with Crippen LogP contribution in [-0.2, 0) is 0 Å². The molecular weight excluding hydrogens is 166 g/mol. The minimum Gasteiger partial charge on any atom is -0.218 e. The zero-order chi connectivity index (χ0) is 9.68. The average molecular weight is 175 g/mol. The monoisotopic (exact) mass is 175 g/mol. The van der Waals surface area contributed by atoms with Crippen molar-refractivity contribution in [1.82, 2.24) is 19.6 Å². The van der Waals surface area contributed by atoms with E-state index in [1.807, 2.05) is 19.9 Å². The van der Waals surface area contributed by atoms with Crippen LogP contribution in [-0.4, -0.2) is 19.6 Å². The summed E-state index contributed by atoms with van der Waals surface area (Å²) in [6.07, 6.45) is 4.65. The van der Waals surface area contributed by atoms with Gasteiger partial charge >= 0.3 is 0 Å². The molecule has 66 valence electrons. The van der Waals surface area contributed by atoms with Gasteiger partial charge in [-0.2, -0.15) is 15.3 Å². The Morgan fingerprint density at radius 1 is 1.46 bits per heavy atom. The van der Waals surface area contributed by atoms with Crippen LogP contribution in [0.4, 0.5) is 0 Å². The van der Waals surface area contributed by atoms with Gasteiger partial charge in [0.05, 0.1) is 12.4 Å². The van der Waals surface area contributed by atoms with E-state index in [0.29, 0.717) is 5.78 Å². The van der Waals surface area contributed by atoms with Crippen molar-refractivity contribution in [2.24, 2.45) is 0 Å². The fourth-order valence-electron chi connectivity index (χ4n) is 0.767. The molecule has 0 atom stereocenters. The van der Waals surface area contributed by atoms with E-state index >= 15 is 0 Å². The molecule has 0 N–H and O–H groups in total. The third-order valence-corrected chi connectivity index (χ3v) is 1.24. The van der Waals surface area contributed by atoms with E-state index in [1.165, 1.54) is 10.7 Å². The van der Waals surface area contributed by atoms with Crippen molar-refractivity contribution >= 4 is 5.78 Å². The number of hydrogen-bond donors (Lipinski definition) is 0. The van der Waals surface area contributed by atoms with Gasteiger partial charge in [-0.1, -0.05) is 13.8 Å². The van der Waals surface area contributed by atoms with E-state index in [0.717, 1.165) is 0 Å². The largest absolute Gasteiger partial charge is 0.251 e. The lowest BCUT2D eigenvalue weighted by Gasteiger charge is -1.88. The molecule has 0 aromatic carbocycles. The Bertz CT molecular complexity index is 425. The fourth-order valence-corrected chi connectivity index (χ4v) is 0.767. The molecule has 0 fully saturated rings. The molecule has 0 saturated heterocycles. The zero-order valence-corrected chi connectivity index (χ0v) is 7.47. The molecule has 5 nitrogen and oxygen atoms in total. The normalized spacial score (nSPS) is 8.69. The van der Waals surface area contributed by atoms with E-state index in [2.05, 4.69) is 15.1 Å². The lowest BCUT2D eigenvalue weighted by atomic mass is 10.5. The SMILES string of the molecule is CC.N#Cc1cnn2ccnc2n1. The Morgan fingerprint density at radius 2 is 2.23 bits per heavy atom. The van der Waals surface area contributed by atoms with Crippen LogP contribution in [0.1, 0.15) is 19.5 Å². The van der Waals surface area contributed by atoms with Crippen LogP contribution >= 0.6 is 0 Å². The maximum atomic E-state index is 8.45. The topological polar surface area (TPSA) is 66.9 Å². The molecule has 0 saturated carbocycles. The van der Waals surface area contributed by atoms with Crippen LogP contribution in [0.15, 0.2) is 18.6 Å². The molecule has 2 aromatic heterocycles. The number of rotatable bonds is 0. The van der Waals surface area contributed by atoms with Crippen molar-refractivity contribution in [3.05, 3.63) is 24.3 Å².